The molecular weight excluding hydrogens is 372 g/mol. The number of hydrogen-bond donors (Lipinski definition) is 1. The summed E-state index contributed by atoms with van der Waals surface area (Å²) in [6.07, 6.45) is -0.361. The van der Waals surface area contributed by atoms with Crippen molar-refractivity contribution in [3.63, 3.8) is 0 Å². The van der Waals surface area contributed by atoms with Gasteiger partial charge in [0.15, 0.2) is 0 Å². The number of para-hydroxylation sites is 1. The molecular formula is C20H22N6O3. The lowest BCUT2D eigenvalue weighted by Gasteiger charge is -2.33. The summed E-state index contributed by atoms with van der Waals surface area (Å²) < 4.78 is 5.00. The molecule has 0 atom stereocenters. The largest absolute Gasteiger partial charge is 0.450 e. The lowest BCUT2D eigenvalue weighted by molar-refractivity contribution is 0.0565. The van der Waals surface area contributed by atoms with Crippen LogP contribution in [0.2, 0.25) is 0 Å². The number of anilines is 2. The molecule has 2 aromatic rings. The van der Waals surface area contributed by atoms with Crippen molar-refractivity contribution < 1.29 is 14.3 Å². The van der Waals surface area contributed by atoms with Crippen molar-refractivity contribution in [2.24, 2.45) is 0 Å². The second-order valence-electron chi connectivity index (χ2n) is 6.45. The van der Waals surface area contributed by atoms with Gasteiger partial charge in [-0.2, -0.15) is 5.26 Å². The van der Waals surface area contributed by atoms with Gasteiger partial charge in [-0.1, -0.05) is 12.1 Å². The quantitative estimate of drug-likeness (QED) is 0.847. The van der Waals surface area contributed by atoms with E-state index in [0.29, 0.717) is 55.7 Å². The van der Waals surface area contributed by atoms with Crippen LogP contribution in [0.15, 0.2) is 30.3 Å². The van der Waals surface area contributed by atoms with E-state index in [4.69, 9.17) is 4.74 Å². The number of nitrogens with zero attached hydrogens (tertiary/aromatic N) is 5. The second-order valence-corrected chi connectivity index (χ2v) is 6.45. The number of aromatic nitrogens is 2. The molecule has 1 aliphatic heterocycles. The van der Waals surface area contributed by atoms with Crippen LogP contribution < -0.4 is 5.32 Å². The smallest absolute Gasteiger partial charge is 0.409 e. The Kier molecular flexibility index (Phi) is 6.24. The molecule has 2 amide bonds. The normalized spacial score (nSPS) is 13.6. The fraction of sp³-hybridized carbons (Fsp3) is 0.350. The molecule has 2 heterocycles. The van der Waals surface area contributed by atoms with Gasteiger partial charge in [-0.25, -0.2) is 14.8 Å². The molecule has 1 aromatic heterocycles. The van der Waals surface area contributed by atoms with Crippen LogP contribution in [-0.2, 0) is 4.74 Å². The van der Waals surface area contributed by atoms with E-state index in [9.17, 15) is 14.9 Å². The molecule has 3 rings (SSSR count). The molecule has 0 saturated carbocycles. The van der Waals surface area contributed by atoms with Gasteiger partial charge in [0, 0.05) is 32.2 Å². The first kappa shape index (κ1) is 20.1. The Hall–Kier alpha value is -3.67. The number of hydrogen-bond acceptors (Lipinski definition) is 7. The van der Waals surface area contributed by atoms with Gasteiger partial charge in [-0.05, 0) is 26.0 Å². The zero-order valence-corrected chi connectivity index (χ0v) is 16.4. The van der Waals surface area contributed by atoms with Crippen LogP contribution in [0, 0.1) is 18.3 Å². The number of nitriles is 1. The van der Waals surface area contributed by atoms with E-state index in [1.165, 1.54) is 0 Å². The number of benzene rings is 1. The van der Waals surface area contributed by atoms with Crippen LogP contribution in [0.4, 0.5) is 16.3 Å². The van der Waals surface area contributed by atoms with Gasteiger partial charge in [-0.3, -0.25) is 4.79 Å². The average Bonchev–Trinajstić information content (AvgIpc) is 2.73. The van der Waals surface area contributed by atoms with Crippen LogP contribution in [0.1, 0.15) is 28.8 Å². The molecule has 0 unspecified atom stereocenters. The highest BCUT2D eigenvalue weighted by Crippen LogP contribution is 2.20. The number of ether oxygens (including phenoxy) is 1. The Bertz CT molecular complexity index is 947. The number of amides is 2. The average molecular weight is 394 g/mol. The first-order chi connectivity index (χ1) is 14.0. The lowest BCUT2D eigenvalue weighted by atomic mass is 10.2. The molecule has 1 aromatic carbocycles. The number of carbonyl (C=O) groups is 2. The van der Waals surface area contributed by atoms with E-state index in [1.807, 2.05) is 6.07 Å². The van der Waals surface area contributed by atoms with Crippen molar-refractivity contribution in [2.45, 2.75) is 13.8 Å². The van der Waals surface area contributed by atoms with Gasteiger partial charge < -0.3 is 19.9 Å². The zero-order valence-electron chi connectivity index (χ0n) is 16.4. The summed E-state index contributed by atoms with van der Waals surface area (Å²) in [5.74, 6) is 0.655. The summed E-state index contributed by atoms with van der Waals surface area (Å²) in [4.78, 5) is 36.5. The zero-order chi connectivity index (χ0) is 20.8. The predicted molar refractivity (Wildman–Crippen MR) is 106 cm³/mol. The number of carbonyl (C=O) groups excluding carboxylic acids is 2. The van der Waals surface area contributed by atoms with E-state index in [1.54, 1.807) is 47.9 Å². The van der Waals surface area contributed by atoms with E-state index in [0.717, 1.165) is 0 Å². The number of piperazine rings is 1. The Balaban J connectivity index is 1.72. The molecule has 1 N–H and O–H groups in total. The van der Waals surface area contributed by atoms with Crippen LogP contribution in [-0.4, -0.2) is 64.6 Å². The monoisotopic (exact) mass is 394 g/mol. The fourth-order valence-corrected chi connectivity index (χ4v) is 3.04. The Labute approximate surface area is 168 Å². The number of rotatable bonds is 4. The second kappa shape index (κ2) is 9.01. The molecule has 9 heteroatoms. The van der Waals surface area contributed by atoms with Gasteiger partial charge in [0.1, 0.15) is 23.4 Å². The van der Waals surface area contributed by atoms with Gasteiger partial charge in [0.25, 0.3) is 5.91 Å². The summed E-state index contributed by atoms with van der Waals surface area (Å²) in [6.45, 7) is 5.42. The maximum absolute atomic E-state index is 12.9. The third-order valence-corrected chi connectivity index (χ3v) is 4.46. The minimum atomic E-state index is -0.361. The Morgan fingerprint density at radius 3 is 2.55 bits per heavy atom. The van der Waals surface area contributed by atoms with Gasteiger partial charge in [0.2, 0.25) is 0 Å². The molecule has 0 radical (unpaired) electrons. The third-order valence-electron chi connectivity index (χ3n) is 4.46. The molecule has 29 heavy (non-hydrogen) atoms. The van der Waals surface area contributed by atoms with Crippen molar-refractivity contribution >= 4 is 23.5 Å². The van der Waals surface area contributed by atoms with Gasteiger partial charge in [-0.15, -0.1) is 0 Å². The van der Waals surface area contributed by atoms with Gasteiger partial charge >= 0.3 is 6.09 Å². The lowest BCUT2D eigenvalue weighted by Crippen LogP contribution is -2.50. The first-order valence-corrected chi connectivity index (χ1v) is 9.34. The summed E-state index contributed by atoms with van der Waals surface area (Å²) >= 11 is 0. The van der Waals surface area contributed by atoms with Gasteiger partial charge in [0.05, 0.1) is 17.9 Å². The number of nitrogens with one attached hydrogen (secondary N) is 1. The molecule has 0 spiro atoms. The predicted octanol–water partition coefficient (Wildman–Crippen LogP) is 2.31. The third kappa shape index (κ3) is 4.79. The summed E-state index contributed by atoms with van der Waals surface area (Å²) in [5, 5.41) is 12.3. The van der Waals surface area contributed by atoms with Crippen LogP contribution in [0.5, 0.6) is 0 Å². The van der Waals surface area contributed by atoms with E-state index in [2.05, 4.69) is 21.4 Å². The molecule has 1 saturated heterocycles. The van der Waals surface area contributed by atoms with Crippen molar-refractivity contribution in [1.82, 2.24) is 19.8 Å². The summed E-state index contributed by atoms with van der Waals surface area (Å²) in [5.41, 5.74) is 1.35. The van der Waals surface area contributed by atoms with Crippen molar-refractivity contribution in [2.75, 3.05) is 38.1 Å². The summed E-state index contributed by atoms with van der Waals surface area (Å²) in [6, 6.07) is 10.7. The minimum absolute atomic E-state index is 0.226. The van der Waals surface area contributed by atoms with Crippen molar-refractivity contribution in [3.8, 4) is 6.07 Å². The summed E-state index contributed by atoms with van der Waals surface area (Å²) in [7, 11) is 0. The first-order valence-electron chi connectivity index (χ1n) is 9.34. The highest BCUT2D eigenvalue weighted by Gasteiger charge is 2.26. The molecule has 0 bridgehead atoms. The van der Waals surface area contributed by atoms with Crippen LogP contribution in [0.3, 0.4) is 0 Å². The molecule has 150 valence electrons. The van der Waals surface area contributed by atoms with E-state index < -0.39 is 0 Å². The molecule has 0 aliphatic carbocycles. The van der Waals surface area contributed by atoms with Crippen LogP contribution >= 0.6 is 0 Å². The van der Waals surface area contributed by atoms with E-state index >= 15 is 0 Å². The van der Waals surface area contributed by atoms with Crippen molar-refractivity contribution in [1.29, 1.82) is 5.26 Å². The highest BCUT2D eigenvalue weighted by atomic mass is 16.6. The fourth-order valence-electron chi connectivity index (χ4n) is 3.04. The SMILES string of the molecule is CCOC(=O)N1CCN(C(=O)c2cc(Nc3ccccc3C#N)nc(C)n2)CC1. The van der Waals surface area contributed by atoms with Crippen molar-refractivity contribution in [3.05, 3.63) is 47.4 Å². The maximum Gasteiger partial charge on any atom is 0.409 e. The van der Waals surface area contributed by atoms with Crippen LogP contribution in [0.25, 0.3) is 0 Å². The Morgan fingerprint density at radius 2 is 1.86 bits per heavy atom. The molecule has 9 nitrogen and oxygen atoms in total. The minimum Gasteiger partial charge on any atom is -0.450 e. The topological polar surface area (TPSA) is 111 Å². The standard InChI is InChI=1S/C20H22N6O3/c1-3-29-20(28)26-10-8-25(9-11-26)19(27)17-12-18(23-14(2)22-17)24-16-7-5-4-6-15(16)13-21/h4-7,12H,3,8-11H2,1-2H3,(H,22,23,24). The maximum atomic E-state index is 12.9. The van der Waals surface area contributed by atoms with E-state index in [-0.39, 0.29) is 17.7 Å². The highest BCUT2D eigenvalue weighted by molar-refractivity contribution is 5.93. The number of aryl methyl sites for hydroxylation is 1. The molecule has 1 fully saturated rings. The molecule has 1 aliphatic rings. The Morgan fingerprint density at radius 1 is 1.17 bits per heavy atom.